The standard InChI is InChI=1S/C17H13IN2O/c18-15-10-4-3-9-14(15)17(21)20-19-16-11-5-7-12-6-1-2-8-13(12)16/h1-11,19H,(H,20,21). The second kappa shape index (κ2) is 6.13. The van der Waals surface area contributed by atoms with Crippen LogP contribution in [0.25, 0.3) is 10.8 Å². The molecular formula is C17H13IN2O. The smallest absolute Gasteiger partial charge is 0.270 e. The lowest BCUT2D eigenvalue weighted by Gasteiger charge is -2.11. The van der Waals surface area contributed by atoms with Crippen molar-refractivity contribution in [1.29, 1.82) is 0 Å². The molecule has 1 amide bonds. The van der Waals surface area contributed by atoms with Gasteiger partial charge in [-0.2, -0.15) is 0 Å². The van der Waals surface area contributed by atoms with Gasteiger partial charge in [0.2, 0.25) is 0 Å². The zero-order valence-electron chi connectivity index (χ0n) is 11.1. The van der Waals surface area contributed by atoms with Crippen LogP contribution in [0.2, 0.25) is 0 Å². The van der Waals surface area contributed by atoms with Crippen molar-refractivity contribution in [3.8, 4) is 0 Å². The molecule has 0 aromatic heterocycles. The molecule has 0 heterocycles. The Morgan fingerprint density at radius 2 is 1.57 bits per heavy atom. The number of carbonyl (C=O) groups excluding carboxylic acids is 1. The zero-order valence-corrected chi connectivity index (χ0v) is 13.3. The molecule has 0 saturated carbocycles. The van der Waals surface area contributed by atoms with Crippen molar-refractivity contribution in [2.45, 2.75) is 0 Å². The molecule has 0 aliphatic rings. The molecule has 0 bridgehead atoms. The van der Waals surface area contributed by atoms with E-state index >= 15 is 0 Å². The summed E-state index contributed by atoms with van der Waals surface area (Å²) < 4.78 is 0.923. The minimum absolute atomic E-state index is 0.145. The summed E-state index contributed by atoms with van der Waals surface area (Å²) >= 11 is 2.16. The number of rotatable bonds is 3. The number of anilines is 1. The van der Waals surface area contributed by atoms with E-state index in [0.29, 0.717) is 5.56 Å². The van der Waals surface area contributed by atoms with Gasteiger partial charge in [0.15, 0.2) is 0 Å². The monoisotopic (exact) mass is 388 g/mol. The second-order valence-electron chi connectivity index (χ2n) is 4.59. The molecule has 3 nitrogen and oxygen atoms in total. The maximum Gasteiger partial charge on any atom is 0.270 e. The van der Waals surface area contributed by atoms with Gasteiger partial charge in [-0.15, -0.1) is 0 Å². The predicted molar refractivity (Wildman–Crippen MR) is 94.2 cm³/mol. The number of amides is 1. The zero-order chi connectivity index (χ0) is 14.7. The van der Waals surface area contributed by atoms with Gasteiger partial charge in [-0.3, -0.25) is 15.6 Å². The van der Waals surface area contributed by atoms with Gasteiger partial charge >= 0.3 is 0 Å². The molecule has 0 radical (unpaired) electrons. The number of carbonyl (C=O) groups is 1. The fraction of sp³-hybridized carbons (Fsp3) is 0. The number of nitrogens with one attached hydrogen (secondary N) is 2. The van der Waals surface area contributed by atoms with Crippen molar-refractivity contribution in [3.05, 3.63) is 75.9 Å². The second-order valence-corrected chi connectivity index (χ2v) is 5.75. The molecular weight excluding hydrogens is 375 g/mol. The van der Waals surface area contributed by atoms with Gasteiger partial charge < -0.3 is 0 Å². The van der Waals surface area contributed by atoms with Crippen LogP contribution < -0.4 is 10.9 Å². The Morgan fingerprint density at radius 1 is 0.857 bits per heavy atom. The van der Waals surface area contributed by atoms with Crippen LogP contribution in [-0.2, 0) is 0 Å². The average Bonchev–Trinajstić information content (AvgIpc) is 2.53. The third-order valence-electron chi connectivity index (χ3n) is 3.22. The third kappa shape index (κ3) is 3.00. The van der Waals surface area contributed by atoms with Crippen LogP contribution in [0.4, 0.5) is 5.69 Å². The number of hydrogen-bond acceptors (Lipinski definition) is 2. The van der Waals surface area contributed by atoms with Crippen molar-refractivity contribution in [2.24, 2.45) is 0 Å². The van der Waals surface area contributed by atoms with Gasteiger partial charge in [0.25, 0.3) is 5.91 Å². The van der Waals surface area contributed by atoms with E-state index < -0.39 is 0 Å². The third-order valence-corrected chi connectivity index (χ3v) is 4.16. The summed E-state index contributed by atoms with van der Waals surface area (Å²) in [5.41, 5.74) is 7.30. The van der Waals surface area contributed by atoms with Crippen LogP contribution >= 0.6 is 22.6 Å². The van der Waals surface area contributed by atoms with E-state index in [1.54, 1.807) is 0 Å². The van der Waals surface area contributed by atoms with Gasteiger partial charge in [-0.1, -0.05) is 48.5 Å². The summed E-state index contributed by atoms with van der Waals surface area (Å²) in [6, 6.07) is 21.5. The maximum absolute atomic E-state index is 12.2. The van der Waals surface area contributed by atoms with Crippen LogP contribution in [0, 0.1) is 3.57 Å². The summed E-state index contributed by atoms with van der Waals surface area (Å²) in [5, 5.41) is 2.20. The molecule has 3 aromatic carbocycles. The summed E-state index contributed by atoms with van der Waals surface area (Å²) in [6.45, 7) is 0. The molecule has 0 aliphatic carbocycles. The fourth-order valence-electron chi connectivity index (χ4n) is 2.17. The molecule has 0 atom stereocenters. The van der Waals surface area contributed by atoms with Crippen LogP contribution in [0.5, 0.6) is 0 Å². The van der Waals surface area contributed by atoms with Crippen LogP contribution in [0.3, 0.4) is 0 Å². The first-order valence-corrected chi connectivity index (χ1v) is 7.62. The summed E-state index contributed by atoms with van der Waals surface area (Å²) in [5.74, 6) is -0.145. The molecule has 0 saturated heterocycles. The lowest BCUT2D eigenvalue weighted by Crippen LogP contribution is -2.30. The van der Waals surface area contributed by atoms with E-state index in [4.69, 9.17) is 0 Å². The SMILES string of the molecule is O=C(NNc1cccc2ccccc12)c1ccccc1I. The van der Waals surface area contributed by atoms with Gasteiger partial charge in [0.05, 0.1) is 11.3 Å². The highest BCUT2D eigenvalue weighted by Gasteiger charge is 2.08. The molecule has 21 heavy (non-hydrogen) atoms. The number of hydrazine groups is 1. The molecule has 3 aromatic rings. The predicted octanol–water partition coefficient (Wildman–Crippen LogP) is 4.20. The van der Waals surface area contributed by atoms with E-state index in [1.165, 1.54) is 0 Å². The summed E-state index contributed by atoms with van der Waals surface area (Å²) in [7, 11) is 0. The van der Waals surface area contributed by atoms with Crippen molar-refractivity contribution in [2.75, 3.05) is 5.43 Å². The number of halogens is 1. The maximum atomic E-state index is 12.2. The molecule has 3 rings (SSSR count). The molecule has 0 fully saturated rings. The van der Waals surface area contributed by atoms with Crippen molar-refractivity contribution in [1.82, 2.24) is 5.43 Å². The van der Waals surface area contributed by atoms with E-state index in [-0.39, 0.29) is 5.91 Å². The minimum Gasteiger partial charge on any atom is -0.298 e. The van der Waals surface area contributed by atoms with E-state index in [1.807, 2.05) is 66.7 Å². The fourth-order valence-corrected chi connectivity index (χ4v) is 2.80. The Hall–Kier alpha value is -2.08. The first-order chi connectivity index (χ1) is 10.3. The van der Waals surface area contributed by atoms with E-state index in [2.05, 4.69) is 33.4 Å². The molecule has 4 heteroatoms. The van der Waals surface area contributed by atoms with Crippen LogP contribution in [-0.4, -0.2) is 5.91 Å². The Morgan fingerprint density at radius 3 is 2.43 bits per heavy atom. The summed E-state index contributed by atoms with van der Waals surface area (Å²) in [4.78, 5) is 12.2. The first-order valence-electron chi connectivity index (χ1n) is 6.54. The highest BCUT2D eigenvalue weighted by Crippen LogP contribution is 2.22. The highest BCUT2D eigenvalue weighted by molar-refractivity contribution is 14.1. The first kappa shape index (κ1) is 13.9. The van der Waals surface area contributed by atoms with Crippen molar-refractivity contribution >= 4 is 45.0 Å². The number of fused-ring (bicyclic) bond motifs is 1. The number of benzene rings is 3. The van der Waals surface area contributed by atoms with Crippen molar-refractivity contribution < 1.29 is 4.79 Å². The number of hydrogen-bond donors (Lipinski definition) is 2. The van der Waals surface area contributed by atoms with Crippen LogP contribution in [0.15, 0.2) is 66.7 Å². The normalized spacial score (nSPS) is 10.3. The molecule has 104 valence electrons. The van der Waals surface area contributed by atoms with Gasteiger partial charge in [0, 0.05) is 8.96 Å². The van der Waals surface area contributed by atoms with Crippen LogP contribution in [0.1, 0.15) is 10.4 Å². The molecule has 0 spiro atoms. The van der Waals surface area contributed by atoms with E-state index in [0.717, 1.165) is 20.0 Å². The topological polar surface area (TPSA) is 41.1 Å². The van der Waals surface area contributed by atoms with E-state index in [9.17, 15) is 4.79 Å². The average molecular weight is 388 g/mol. The Bertz CT molecular complexity index is 796. The van der Waals surface area contributed by atoms with Crippen molar-refractivity contribution in [3.63, 3.8) is 0 Å². The molecule has 2 N–H and O–H groups in total. The Kier molecular flexibility index (Phi) is 4.06. The molecule has 0 aliphatic heterocycles. The van der Waals surface area contributed by atoms with Gasteiger partial charge in [0.1, 0.15) is 0 Å². The Balaban J connectivity index is 1.81. The minimum atomic E-state index is -0.145. The summed E-state index contributed by atoms with van der Waals surface area (Å²) in [6.07, 6.45) is 0. The molecule has 0 unspecified atom stereocenters. The Labute approximate surface area is 136 Å². The highest BCUT2D eigenvalue weighted by atomic mass is 127. The quantitative estimate of drug-likeness (QED) is 0.522. The van der Waals surface area contributed by atoms with Gasteiger partial charge in [-0.05, 0) is 46.2 Å². The lowest BCUT2D eigenvalue weighted by molar-refractivity contribution is 0.0962. The van der Waals surface area contributed by atoms with Gasteiger partial charge in [-0.25, -0.2) is 0 Å². The lowest BCUT2D eigenvalue weighted by atomic mass is 10.1. The largest absolute Gasteiger partial charge is 0.298 e.